The van der Waals surface area contributed by atoms with Gasteiger partial charge in [-0.2, -0.15) is 5.10 Å². The van der Waals surface area contributed by atoms with Crippen LogP contribution in [0.4, 0.5) is 0 Å². The first-order chi connectivity index (χ1) is 9.89. The molecule has 1 aliphatic carbocycles. The minimum Gasteiger partial charge on any atom is -0.497 e. The van der Waals surface area contributed by atoms with Gasteiger partial charge in [0.25, 0.3) is 5.91 Å². The number of hydrazone groups is 1. The van der Waals surface area contributed by atoms with Crippen LogP contribution in [0.2, 0.25) is 0 Å². The fourth-order valence-corrected chi connectivity index (χ4v) is 2.54. The van der Waals surface area contributed by atoms with Gasteiger partial charge in [0.1, 0.15) is 11.5 Å². The molecule has 0 spiro atoms. The topological polar surface area (TPSA) is 67.8 Å². The number of hydrogen-bond acceptors (Lipinski definition) is 4. The van der Waals surface area contributed by atoms with E-state index in [2.05, 4.69) is 10.5 Å². The highest BCUT2D eigenvalue weighted by Gasteiger charge is 2.30. The molecule has 0 aromatic heterocycles. The molecule has 0 heterocycles. The third kappa shape index (κ3) is 4.15. The molecule has 0 bridgehead atoms. The van der Waals surface area contributed by atoms with Crippen molar-refractivity contribution in [2.75, 3.05) is 7.11 Å². The highest BCUT2D eigenvalue weighted by molar-refractivity contribution is 6.05. The minimum absolute atomic E-state index is 0.0884. The van der Waals surface area contributed by atoms with Gasteiger partial charge >= 0.3 is 0 Å². The second kappa shape index (κ2) is 6.08. The summed E-state index contributed by atoms with van der Waals surface area (Å²) in [7, 11) is 1.55. The van der Waals surface area contributed by atoms with E-state index in [0.717, 1.165) is 12.1 Å². The SMILES string of the molecule is COc1cccc(C(=O)N/N=C2\CC(=O)CC(C)(C)C2)c1. The average Bonchev–Trinajstić information content (AvgIpc) is 2.42. The van der Waals surface area contributed by atoms with Crippen molar-refractivity contribution in [1.29, 1.82) is 0 Å². The number of ether oxygens (including phenoxy) is 1. The molecule has 5 nitrogen and oxygen atoms in total. The van der Waals surface area contributed by atoms with Gasteiger partial charge in [-0.3, -0.25) is 9.59 Å². The zero-order valence-electron chi connectivity index (χ0n) is 12.6. The fraction of sp³-hybridized carbons (Fsp3) is 0.438. The van der Waals surface area contributed by atoms with Crippen molar-refractivity contribution in [3.8, 4) is 5.75 Å². The number of hydrogen-bond donors (Lipinski definition) is 1. The molecule has 2 rings (SSSR count). The molecule has 0 saturated heterocycles. The van der Waals surface area contributed by atoms with Crippen LogP contribution < -0.4 is 10.2 Å². The largest absolute Gasteiger partial charge is 0.497 e. The molecule has 112 valence electrons. The van der Waals surface area contributed by atoms with Crippen LogP contribution in [0.25, 0.3) is 0 Å². The Balaban J connectivity index is 2.05. The lowest BCUT2D eigenvalue weighted by atomic mass is 9.76. The number of carbonyl (C=O) groups is 2. The number of carbonyl (C=O) groups excluding carboxylic acids is 2. The van der Waals surface area contributed by atoms with Crippen molar-refractivity contribution in [3.05, 3.63) is 29.8 Å². The monoisotopic (exact) mass is 288 g/mol. The van der Waals surface area contributed by atoms with Gasteiger partial charge in [-0.1, -0.05) is 19.9 Å². The maximum absolute atomic E-state index is 12.0. The summed E-state index contributed by atoms with van der Waals surface area (Å²) in [6.07, 6.45) is 1.61. The molecule has 1 aliphatic rings. The summed E-state index contributed by atoms with van der Waals surface area (Å²) in [4.78, 5) is 23.7. The summed E-state index contributed by atoms with van der Waals surface area (Å²) in [5, 5.41) is 4.12. The van der Waals surface area contributed by atoms with Gasteiger partial charge in [-0.25, -0.2) is 5.43 Å². The van der Waals surface area contributed by atoms with E-state index in [1.165, 1.54) is 0 Å². The Bertz CT molecular complexity index is 591. The number of nitrogens with one attached hydrogen (secondary N) is 1. The molecule has 5 heteroatoms. The van der Waals surface area contributed by atoms with Crippen molar-refractivity contribution in [2.45, 2.75) is 33.1 Å². The van der Waals surface area contributed by atoms with Crippen molar-refractivity contribution in [3.63, 3.8) is 0 Å². The molecule has 21 heavy (non-hydrogen) atoms. The Kier molecular flexibility index (Phi) is 4.40. The van der Waals surface area contributed by atoms with E-state index in [0.29, 0.717) is 24.2 Å². The van der Waals surface area contributed by atoms with Crippen LogP contribution in [0, 0.1) is 5.41 Å². The summed E-state index contributed by atoms with van der Waals surface area (Å²) in [5.41, 5.74) is 3.63. The normalized spacial score (nSPS) is 19.4. The Morgan fingerprint density at radius 1 is 1.33 bits per heavy atom. The van der Waals surface area contributed by atoms with Gasteiger partial charge in [0.15, 0.2) is 0 Å². The van der Waals surface area contributed by atoms with Crippen LogP contribution in [-0.2, 0) is 4.79 Å². The number of amides is 1. The van der Waals surface area contributed by atoms with Crippen molar-refractivity contribution < 1.29 is 14.3 Å². The predicted molar refractivity (Wildman–Crippen MR) is 80.5 cm³/mol. The minimum atomic E-state index is -0.308. The second-order valence-electron chi connectivity index (χ2n) is 6.08. The molecule has 0 unspecified atom stereocenters. The second-order valence-corrected chi connectivity index (χ2v) is 6.08. The molecule has 0 atom stereocenters. The lowest BCUT2D eigenvalue weighted by Crippen LogP contribution is -2.31. The summed E-state index contributed by atoms with van der Waals surface area (Å²) in [6, 6.07) is 6.85. The lowest BCUT2D eigenvalue weighted by Gasteiger charge is -2.28. The molecule has 1 fully saturated rings. The molecule has 0 aliphatic heterocycles. The summed E-state index contributed by atoms with van der Waals surface area (Å²) < 4.78 is 5.08. The van der Waals surface area contributed by atoms with Crippen LogP contribution in [0.3, 0.4) is 0 Å². The quantitative estimate of drug-likeness (QED) is 0.869. The van der Waals surface area contributed by atoms with Gasteiger partial charge in [-0.15, -0.1) is 0 Å². The molecule has 0 radical (unpaired) electrons. The molecule has 1 aromatic carbocycles. The fourth-order valence-electron chi connectivity index (χ4n) is 2.54. The van der Waals surface area contributed by atoms with E-state index in [1.807, 2.05) is 13.8 Å². The maximum atomic E-state index is 12.0. The van der Waals surface area contributed by atoms with E-state index in [-0.39, 0.29) is 17.1 Å². The number of rotatable bonds is 3. The highest BCUT2D eigenvalue weighted by Crippen LogP contribution is 2.31. The van der Waals surface area contributed by atoms with E-state index < -0.39 is 0 Å². The van der Waals surface area contributed by atoms with Crippen molar-refractivity contribution in [2.24, 2.45) is 10.5 Å². The van der Waals surface area contributed by atoms with E-state index in [4.69, 9.17) is 4.74 Å². The van der Waals surface area contributed by atoms with Crippen molar-refractivity contribution in [1.82, 2.24) is 5.43 Å². The molecular weight excluding hydrogens is 268 g/mol. The molecular formula is C16H20N2O3. The number of Topliss-reactive ketones (excluding diaryl/α,β-unsaturated/α-hetero) is 1. The van der Waals surface area contributed by atoms with Gasteiger partial charge in [0.2, 0.25) is 0 Å². The summed E-state index contributed by atoms with van der Waals surface area (Å²) in [6.45, 7) is 4.06. The third-order valence-electron chi connectivity index (χ3n) is 3.41. The standard InChI is InChI=1S/C16H20N2O3/c1-16(2)9-12(8-13(19)10-16)17-18-15(20)11-5-4-6-14(7-11)21-3/h4-7H,8-10H2,1-3H3,(H,18,20)/b17-12+. The van der Waals surface area contributed by atoms with Gasteiger partial charge in [0, 0.05) is 24.1 Å². The first kappa shape index (κ1) is 15.2. The number of ketones is 1. The Morgan fingerprint density at radius 2 is 2.10 bits per heavy atom. The Hall–Kier alpha value is -2.17. The van der Waals surface area contributed by atoms with Gasteiger partial charge in [0.05, 0.1) is 7.11 Å². The van der Waals surface area contributed by atoms with Gasteiger partial charge in [-0.05, 0) is 30.0 Å². The molecule has 1 amide bonds. The maximum Gasteiger partial charge on any atom is 0.271 e. The van der Waals surface area contributed by atoms with E-state index in [9.17, 15) is 9.59 Å². The number of methoxy groups -OCH3 is 1. The van der Waals surface area contributed by atoms with Crippen LogP contribution in [0.15, 0.2) is 29.4 Å². The summed E-state index contributed by atoms with van der Waals surface area (Å²) >= 11 is 0. The zero-order valence-corrected chi connectivity index (χ0v) is 12.6. The van der Waals surface area contributed by atoms with Crippen LogP contribution in [0.1, 0.15) is 43.5 Å². The van der Waals surface area contributed by atoms with E-state index >= 15 is 0 Å². The number of nitrogens with zero attached hydrogens (tertiary/aromatic N) is 1. The average molecular weight is 288 g/mol. The Labute approximate surface area is 124 Å². The molecule has 1 aromatic rings. The third-order valence-corrected chi connectivity index (χ3v) is 3.41. The van der Waals surface area contributed by atoms with Crippen LogP contribution in [-0.4, -0.2) is 24.5 Å². The van der Waals surface area contributed by atoms with Crippen LogP contribution >= 0.6 is 0 Å². The Morgan fingerprint density at radius 3 is 2.76 bits per heavy atom. The first-order valence-corrected chi connectivity index (χ1v) is 6.91. The smallest absolute Gasteiger partial charge is 0.271 e. The molecule has 1 saturated carbocycles. The number of benzene rings is 1. The van der Waals surface area contributed by atoms with Crippen molar-refractivity contribution >= 4 is 17.4 Å². The van der Waals surface area contributed by atoms with E-state index in [1.54, 1.807) is 31.4 Å². The predicted octanol–water partition coefficient (Wildman–Crippen LogP) is 2.56. The highest BCUT2D eigenvalue weighted by atomic mass is 16.5. The lowest BCUT2D eigenvalue weighted by molar-refractivity contribution is -0.120. The van der Waals surface area contributed by atoms with Gasteiger partial charge < -0.3 is 4.74 Å². The van der Waals surface area contributed by atoms with Crippen LogP contribution in [0.5, 0.6) is 5.75 Å². The zero-order chi connectivity index (χ0) is 15.5. The molecule has 1 N–H and O–H groups in total. The first-order valence-electron chi connectivity index (χ1n) is 6.91. The summed E-state index contributed by atoms with van der Waals surface area (Å²) in [5.74, 6) is 0.474.